The van der Waals surface area contributed by atoms with Crippen LogP contribution in [-0.4, -0.2) is 54.6 Å². The Morgan fingerprint density at radius 3 is 2.62 bits per heavy atom. The molecule has 2 rings (SSSR count). The van der Waals surface area contributed by atoms with Crippen LogP contribution >= 0.6 is 23.4 Å². The molecule has 0 unspecified atom stereocenters. The summed E-state index contributed by atoms with van der Waals surface area (Å²) >= 11 is 7.49. The van der Waals surface area contributed by atoms with Gasteiger partial charge in [-0.15, -0.1) is 23.4 Å². The largest absolute Gasteiger partial charge is 0.497 e. The van der Waals surface area contributed by atoms with Gasteiger partial charge in [-0.25, -0.2) is 4.79 Å². The molecular formula is C18H22ClNO5S. The zero-order valence-corrected chi connectivity index (χ0v) is 16.5. The van der Waals surface area contributed by atoms with Crippen LogP contribution in [0.1, 0.15) is 12.5 Å². The lowest BCUT2D eigenvalue weighted by molar-refractivity contribution is -0.144. The van der Waals surface area contributed by atoms with E-state index in [2.05, 4.69) is 0 Å². The molecule has 1 amide bonds. The number of hydrogen-bond acceptors (Lipinski definition) is 6. The number of halogens is 1. The molecule has 2 atom stereocenters. The number of amides is 1. The van der Waals surface area contributed by atoms with Crippen molar-refractivity contribution in [1.29, 1.82) is 0 Å². The van der Waals surface area contributed by atoms with E-state index < -0.39 is 5.97 Å². The number of benzene rings is 1. The molecular weight excluding hydrogens is 378 g/mol. The molecule has 0 bridgehead atoms. The Hall–Kier alpha value is -1.70. The Labute approximate surface area is 162 Å². The lowest BCUT2D eigenvalue weighted by atomic mass is 10.2. The number of methoxy groups -OCH3 is 2. The highest BCUT2D eigenvalue weighted by Gasteiger charge is 2.36. The van der Waals surface area contributed by atoms with Crippen LogP contribution in [0.5, 0.6) is 5.75 Å². The highest BCUT2D eigenvalue weighted by Crippen LogP contribution is 2.33. The van der Waals surface area contributed by atoms with Crippen molar-refractivity contribution in [2.45, 2.75) is 25.0 Å². The predicted octanol–water partition coefficient (Wildman–Crippen LogP) is 2.80. The minimum Gasteiger partial charge on any atom is -0.497 e. The summed E-state index contributed by atoms with van der Waals surface area (Å²) in [5.41, 5.74) is 1.69. The molecule has 142 valence electrons. The predicted molar refractivity (Wildman–Crippen MR) is 101 cm³/mol. The third kappa shape index (κ3) is 4.72. The molecule has 26 heavy (non-hydrogen) atoms. The first-order chi connectivity index (χ1) is 12.5. The second-order valence-corrected chi connectivity index (χ2v) is 7.04. The minimum absolute atomic E-state index is 0.0895. The molecule has 0 N–H and O–H groups in total. The van der Waals surface area contributed by atoms with Crippen LogP contribution in [-0.2, 0) is 25.7 Å². The van der Waals surface area contributed by atoms with Crippen LogP contribution in [0.15, 0.2) is 35.5 Å². The molecule has 1 aromatic carbocycles. The summed E-state index contributed by atoms with van der Waals surface area (Å²) < 4.78 is 15.9. The number of esters is 1. The van der Waals surface area contributed by atoms with Crippen LogP contribution < -0.4 is 4.74 Å². The normalized spacial score (nSPS) is 18.5. The Morgan fingerprint density at radius 1 is 1.38 bits per heavy atom. The molecule has 0 radical (unpaired) electrons. The zero-order valence-electron chi connectivity index (χ0n) is 14.9. The van der Waals surface area contributed by atoms with Crippen molar-refractivity contribution in [1.82, 2.24) is 4.90 Å². The molecule has 8 heteroatoms. The van der Waals surface area contributed by atoms with E-state index in [0.29, 0.717) is 17.7 Å². The molecule has 6 nitrogen and oxygen atoms in total. The first-order valence-electron chi connectivity index (χ1n) is 8.01. The van der Waals surface area contributed by atoms with Gasteiger partial charge >= 0.3 is 5.97 Å². The van der Waals surface area contributed by atoms with E-state index in [1.807, 2.05) is 19.1 Å². The highest BCUT2D eigenvalue weighted by atomic mass is 35.5. The standard InChI is InChI=1S/C18H22ClNO5S/c1-12(23-2)17-20(11-21)16(14(8-19)10-26-17)18(22)25-9-13-4-6-15(24-3)7-5-13/h4-7,11-12,17H,8-10H2,1-3H3/t12-,17+/m0/s1. The summed E-state index contributed by atoms with van der Waals surface area (Å²) in [5.74, 6) is 0.842. The molecule has 1 heterocycles. The number of ether oxygens (including phenoxy) is 3. The highest BCUT2D eigenvalue weighted by molar-refractivity contribution is 8.00. The number of thioether (sulfide) groups is 1. The number of rotatable bonds is 8. The smallest absolute Gasteiger partial charge is 0.355 e. The molecule has 0 saturated heterocycles. The average molecular weight is 400 g/mol. The van der Waals surface area contributed by atoms with E-state index in [0.717, 1.165) is 11.3 Å². The van der Waals surface area contributed by atoms with Crippen LogP contribution in [0.2, 0.25) is 0 Å². The van der Waals surface area contributed by atoms with Gasteiger partial charge in [-0.05, 0) is 30.2 Å². The summed E-state index contributed by atoms with van der Waals surface area (Å²) in [4.78, 5) is 25.7. The molecule has 0 fully saturated rings. The maximum Gasteiger partial charge on any atom is 0.355 e. The van der Waals surface area contributed by atoms with Gasteiger partial charge in [-0.2, -0.15) is 0 Å². The summed E-state index contributed by atoms with van der Waals surface area (Å²) in [6.45, 7) is 1.94. The number of hydrogen-bond donors (Lipinski definition) is 0. The van der Waals surface area contributed by atoms with Crippen molar-refractivity contribution in [3.05, 3.63) is 41.1 Å². The second-order valence-electron chi connectivity index (χ2n) is 5.67. The third-order valence-corrected chi connectivity index (χ3v) is 5.86. The second kappa shape index (κ2) is 9.85. The van der Waals surface area contributed by atoms with Gasteiger partial charge in [0, 0.05) is 18.7 Å². The van der Waals surface area contributed by atoms with E-state index in [1.165, 1.54) is 16.7 Å². The van der Waals surface area contributed by atoms with Gasteiger partial charge in [-0.3, -0.25) is 9.69 Å². The van der Waals surface area contributed by atoms with Crippen molar-refractivity contribution in [3.63, 3.8) is 0 Å². The van der Waals surface area contributed by atoms with E-state index in [-0.39, 0.29) is 29.7 Å². The Bertz CT molecular complexity index is 664. The van der Waals surface area contributed by atoms with Crippen LogP contribution in [0.4, 0.5) is 0 Å². The van der Waals surface area contributed by atoms with Crippen molar-refractivity contribution in [3.8, 4) is 5.75 Å². The quantitative estimate of drug-likeness (QED) is 0.380. The third-order valence-electron chi connectivity index (χ3n) is 4.07. The maximum atomic E-state index is 12.7. The van der Waals surface area contributed by atoms with E-state index in [4.69, 9.17) is 25.8 Å². The molecule has 1 aliphatic rings. The van der Waals surface area contributed by atoms with Gasteiger partial charge in [-0.1, -0.05) is 12.1 Å². The Kier molecular flexibility index (Phi) is 7.81. The summed E-state index contributed by atoms with van der Waals surface area (Å²) in [5, 5.41) is -0.312. The summed E-state index contributed by atoms with van der Waals surface area (Å²) in [7, 11) is 3.15. The van der Waals surface area contributed by atoms with Crippen molar-refractivity contribution in [2.75, 3.05) is 25.9 Å². The van der Waals surface area contributed by atoms with Gasteiger partial charge in [0.15, 0.2) is 0 Å². The van der Waals surface area contributed by atoms with Crippen molar-refractivity contribution < 1.29 is 23.8 Å². The van der Waals surface area contributed by atoms with Gasteiger partial charge in [0.25, 0.3) is 0 Å². The Balaban J connectivity index is 2.16. The lowest BCUT2D eigenvalue weighted by Crippen LogP contribution is -2.45. The molecule has 0 aliphatic carbocycles. The topological polar surface area (TPSA) is 65.1 Å². The van der Waals surface area contributed by atoms with Crippen molar-refractivity contribution >= 4 is 35.7 Å². The van der Waals surface area contributed by atoms with Gasteiger partial charge in [0.1, 0.15) is 23.4 Å². The van der Waals surface area contributed by atoms with Crippen LogP contribution in [0, 0.1) is 0 Å². The fourth-order valence-corrected chi connectivity index (χ4v) is 4.17. The van der Waals surface area contributed by atoms with Crippen LogP contribution in [0.25, 0.3) is 0 Å². The molecule has 0 aromatic heterocycles. The monoisotopic (exact) mass is 399 g/mol. The molecule has 1 aliphatic heterocycles. The Morgan fingerprint density at radius 2 is 2.08 bits per heavy atom. The summed E-state index contributed by atoms with van der Waals surface area (Å²) in [6.07, 6.45) is 0.384. The number of carbonyl (C=O) groups excluding carboxylic acids is 2. The first-order valence-corrected chi connectivity index (χ1v) is 9.60. The fraction of sp³-hybridized carbons (Fsp3) is 0.444. The molecule has 1 aromatic rings. The van der Waals surface area contributed by atoms with Crippen LogP contribution in [0.3, 0.4) is 0 Å². The van der Waals surface area contributed by atoms with Gasteiger partial charge < -0.3 is 14.2 Å². The van der Waals surface area contributed by atoms with E-state index in [1.54, 1.807) is 26.4 Å². The number of alkyl halides is 1. The van der Waals surface area contributed by atoms with Gasteiger partial charge in [0.05, 0.1) is 13.2 Å². The molecule has 0 spiro atoms. The van der Waals surface area contributed by atoms with Crippen molar-refractivity contribution in [2.24, 2.45) is 0 Å². The number of nitrogens with zero attached hydrogens (tertiary/aromatic N) is 1. The van der Waals surface area contributed by atoms with E-state index in [9.17, 15) is 9.59 Å². The number of carbonyl (C=O) groups is 2. The SMILES string of the molecule is COc1ccc(COC(=O)C2=C(CCl)CS[C@H]([C@H](C)OC)N2C=O)cc1. The van der Waals surface area contributed by atoms with E-state index >= 15 is 0 Å². The van der Waals surface area contributed by atoms with Gasteiger partial charge in [0.2, 0.25) is 6.41 Å². The average Bonchev–Trinajstić information content (AvgIpc) is 2.70. The minimum atomic E-state index is -0.572. The summed E-state index contributed by atoms with van der Waals surface area (Å²) in [6, 6.07) is 7.20. The first kappa shape index (κ1) is 20.6. The lowest BCUT2D eigenvalue weighted by Gasteiger charge is -2.37. The zero-order chi connectivity index (χ0) is 19.1. The fourth-order valence-electron chi connectivity index (χ4n) is 2.53. The molecule has 0 saturated carbocycles. The maximum absolute atomic E-state index is 12.7.